The molecule has 0 amide bonds. The van der Waals surface area contributed by atoms with Crippen LogP contribution >= 0.6 is 0 Å². The van der Waals surface area contributed by atoms with Crippen LogP contribution in [0.1, 0.15) is 38.5 Å². The molecule has 2 heteroatoms. The number of nitrogens with one attached hydrogen (secondary N) is 1. The van der Waals surface area contributed by atoms with Gasteiger partial charge >= 0.3 is 0 Å². The summed E-state index contributed by atoms with van der Waals surface area (Å²) in [7, 11) is 2.29. The number of nitrogens with zero attached hydrogens (tertiary/aromatic N) is 1. The third kappa shape index (κ3) is 3.25. The molecule has 1 unspecified atom stereocenters. The van der Waals surface area contributed by atoms with Gasteiger partial charge in [-0.15, -0.1) is 0 Å². The zero-order chi connectivity index (χ0) is 9.80. The first-order chi connectivity index (χ1) is 6.86. The minimum Gasteiger partial charge on any atom is -0.316 e. The second-order valence-corrected chi connectivity index (χ2v) is 5.07. The first-order valence-corrected chi connectivity index (χ1v) is 6.27. The molecule has 0 bridgehead atoms. The van der Waals surface area contributed by atoms with Gasteiger partial charge in [-0.05, 0) is 71.1 Å². The monoisotopic (exact) mass is 196 g/mol. The van der Waals surface area contributed by atoms with Gasteiger partial charge < -0.3 is 10.2 Å². The van der Waals surface area contributed by atoms with Crippen LogP contribution in [-0.4, -0.2) is 37.6 Å². The normalized spacial score (nSPS) is 28.3. The van der Waals surface area contributed by atoms with E-state index in [-0.39, 0.29) is 0 Å². The van der Waals surface area contributed by atoms with Crippen LogP contribution in [0.3, 0.4) is 0 Å². The second kappa shape index (κ2) is 5.13. The van der Waals surface area contributed by atoms with Gasteiger partial charge in [-0.25, -0.2) is 0 Å². The molecule has 2 fully saturated rings. The molecule has 1 saturated heterocycles. The second-order valence-electron chi connectivity index (χ2n) is 5.07. The third-order valence-corrected chi connectivity index (χ3v) is 3.69. The summed E-state index contributed by atoms with van der Waals surface area (Å²) in [6.07, 6.45) is 8.58. The molecule has 0 aromatic carbocycles. The number of piperidine rings is 1. The lowest BCUT2D eigenvalue weighted by atomic mass is 9.95. The van der Waals surface area contributed by atoms with Crippen LogP contribution in [0.5, 0.6) is 0 Å². The average molecular weight is 196 g/mol. The summed E-state index contributed by atoms with van der Waals surface area (Å²) in [4.78, 5) is 2.55. The Labute approximate surface area is 88.1 Å². The van der Waals surface area contributed by atoms with Crippen molar-refractivity contribution in [3.8, 4) is 0 Å². The summed E-state index contributed by atoms with van der Waals surface area (Å²) in [6.45, 7) is 3.84. The number of hydrogen-bond acceptors (Lipinski definition) is 2. The Morgan fingerprint density at radius 3 is 2.79 bits per heavy atom. The molecule has 0 spiro atoms. The van der Waals surface area contributed by atoms with E-state index in [0.717, 1.165) is 12.0 Å². The molecule has 1 aliphatic heterocycles. The lowest BCUT2D eigenvalue weighted by molar-refractivity contribution is 0.286. The van der Waals surface area contributed by atoms with Gasteiger partial charge in [0.25, 0.3) is 0 Å². The van der Waals surface area contributed by atoms with Crippen molar-refractivity contribution in [1.82, 2.24) is 10.2 Å². The predicted molar refractivity (Wildman–Crippen MR) is 60.5 cm³/mol. The molecular formula is C12H24N2. The summed E-state index contributed by atoms with van der Waals surface area (Å²) in [5.41, 5.74) is 0. The Kier molecular flexibility index (Phi) is 3.82. The van der Waals surface area contributed by atoms with Crippen LogP contribution in [-0.2, 0) is 0 Å². The van der Waals surface area contributed by atoms with E-state index < -0.39 is 0 Å². The van der Waals surface area contributed by atoms with E-state index in [1.807, 2.05) is 0 Å². The zero-order valence-corrected chi connectivity index (χ0v) is 9.47. The Morgan fingerprint density at radius 2 is 2.14 bits per heavy atom. The van der Waals surface area contributed by atoms with E-state index in [1.165, 1.54) is 58.2 Å². The Bertz CT molecular complexity index is 160. The van der Waals surface area contributed by atoms with Crippen molar-refractivity contribution < 1.29 is 0 Å². The van der Waals surface area contributed by atoms with Gasteiger partial charge in [0.15, 0.2) is 0 Å². The Hall–Kier alpha value is -0.0800. The van der Waals surface area contributed by atoms with Crippen molar-refractivity contribution in [3.63, 3.8) is 0 Å². The highest BCUT2D eigenvalue weighted by molar-refractivity contribution is 4.82. The lowest BCUT2D eigenvalue weighted by Crippen LogP contribution is -2.30. The van der Waals surface area contributed by atoms with Gasteiger partial charge in [-0.2, -0.15) is 0 Å². The highest BCUT2D eigenvalue weighted by atomic mass is 15.1. The number of hydrogen-bond donors (Lipinski definition) is 1. The van der Waals surface area contributed by atoms with E-state index in [2.05, 4.69) is 17.3 Å². The largest absolute Gasteiger partial charge is 0.316 e. The summed E-state index contributed by atoms with van der Waals surface area (Å²) in [5.74, 6) is 0.969. The Balaban J connectivity index is 1.52. The predicted octanol–water partition coefficient (Wildman–Crippen LogP) is 1.86. The molecule has 1 saturated carbocycles. The fraction of sp³-hybridized carbons (Fsp3) is 1.00. The maximum Gasteiger partial charge on any atom is 0.00933 e. The van der Waals surface area contributed by atoms with Gasteiger partial charge in [0.1, 0.15) is 0 Å². The van der Waals surface area contributed by atoms with Crippen LogP contribution in [0.4, 0.5) is 0 Å². The SMILES string of the molecule is CN(CCCC1CCCNC1)C1CC1. The molecule has 82 valence electrons. The van der Waals surface area contributed by atoms with Gasteiger partial charge in [0.05, 0.1) is 0 Å². The van der Waals surface area contributed by atoms with Crippen LogP contribution in [0.2, 0.25) is 0 Å². The molecule has 2 nitrogen and oxygen atoms in total. The van der Waals surface area contributed by atoms with Gasteiger partial charge in [-0.1, -0.05) is 0 Å². The number of rotatable bonds is 5. The van der Waals surface area contributed by atoms with Crippen molar-refractivity contribution in [1.29, 1.82) is 0 Å². The van der Waals surface area contributed by atoms with Crippen molar-refractivity contribution in [2.24, 2.45) is 5.92 Å². The first kappa shape index (κ1) is 10.4. The summed E-state index contributed by atoms with van der Waals surface area (Å²) in [6, 6.07) is 0.944. The van der Waals surface area contributed by atoms with Crippen LogP contribution in [0.15, 0.2) is 0 Å². The minimum absolute atomic E-state index is 0.944. The molecule has 1 aliphatic carbocycles. The molecule has 0 aromatic rings. The molecule has 2 aliphatic rings. The van der Waals surface area contributed by atoms with E-state index in [1.54, 1.807) is 0 Å². The topological polar surface area (TPSA) is 15.3 Å². The molecule has 1 heterocycles. The Morgan fingerprint density at radius 1 is 1.29 bits per heavy atom. The van der Waals surface area contributed by atoms with E-state index in [4.69, 9.17) is 0 Å². The fourth-order valence-electron chi connectivity index (χ4n) is 2.50. The highest BCUT2D eigenvalue weighted by Crippen LogP contribution is 2.26. The van der Waals surface area contributed by atoms with Gasteiger partial charge in [0.2, 0.25) is 0 Å². The summed E-state index contributed by atoms with van der Waals surface area (Å²) >= 11 is 0. The van der Waals surface area contributed by atoms with Crippen molar-refractivity contribution in [2.45, 2.75) is 44.6 Å². The maximum absolute atomic E-state index is 3.49. The van der Waals surface area contributed by atoms with Crippen LogP contribution in [0.25, 0.3) is 0 Å². The molecule has 0 radical (unpaired) electrons. The summed E-state index contributed by atoms with van der Waals surface area (Å²) < 4.78 is 0. The smallest absolute Gasteiger partial charge is 0.00933 e. The molecular weight excluding hydrogens is 172 g/mol. The van der Waals surface area contributed by atoms with Crippen LogP contribution < -0.4 is 5.32 Å². The third-order valence-electron chi connectivity index (χ3n) is 3.69. The highest BCUT2D eigenvalue weighted by Gasteiger charge is 2.25. The lowest BCUT2D eigenvalue weighted by Gasteiger charge is -2.23. The maximum atomic E-state index is 3.49. The van der Waals surface area contributed by atoms with Crippen molar-refractivity contribution in [2.75, 3.05) is 26.7 Å². The zero-order valence-electron chi connectivity index (χ0n) is 9.47. The van der Waals surface area contributed by atoms with Crippen molar-refractivity contribution in [3.05, 3.63) is 0 Å². The average Bonchev–Trinajstić information content (AvgIpc) is 3.02. The van der Waals surface area contributed by atoms with E-state index >= 15 is 0 Å². The quantitative estimate of drug-likeness (QED) is 0.722. The van der Waals surface area contributed by atoms with E-state index in [0.29, 0.717) is 0 Å². The standard InChI is InChI=1S/C12H24N2/c1-14(12-6-7-12)9-3-5-11-4-2-8-13-10-11/h11-13H,2-10H2,1H3. The molecule has 14 heavy (non-hydrogen) atoms. The van der Waals surface area contributed by atoms with Gasteiger partial charge in [0, 0.05) is 6.04 Å². The summed E-state index contributed by atoms with van der Waals surface area (Å²) in [5, 5.41) is 3.49. The van der Waals surface area contributed by atoms with E-state index in [9.17, 15) is 0 Å². The first-order valence-electron chi connectivity index (χ1n) is 6.27. The van der Waals surface area contributed by atoms with Gasteiger partial charge in [-0.3, -0.25) is 0 Å². The molecule has 0 aromatic heterocycles. The molecule has 2 rings (SSSR count). The molecule has 1 atom stereocenters. The van der Waals surface area contributed by atoms with Crippen LogP contribution in [0, 0.1) is 5.92 Å². The van der Waals surface area contributed by atoms with Crippen molar-refractivity contribution >= 4 is 0 Å². The minimum atomic E-state index is 0.944. The molecule has 1 N–H and O–H groups in total. The fourth-order valence-corrected chi connectivity index (χ4v) is 2.50.